The number of amides is 1. The number of nitrogens with zero attached hydrogens (tertiary/aromatic N) is 2. The molecular weight excluding hydrogens is 354 g/mol. The number of nitrogens with one attached hydrogen (secondary N) is 1. The molecule has 2 aromatic carbocycles. The molecule has 3 aromatic rings. The quantitative estimate of drug-likeness (QED) is 0.742. The third-order valence-electron chi connectivity index (χ3n) is 4.06. The highest BCUT2D eigenvalue weighted by molar-refractivity contribution is 9.10. The Morgan fingerprint density at radius 3 is 2.78 bits per heavy atom. The Kier molecular flexibility index (Phi) is 3.50. The molecule has 0 radical (unpaired) electrons. The third-order valence-corrected chi connectivity index (χ3v) is 4.55. The van der Waals surface area contributed by atoms with Gasteiger partial charge in [-0.05, 0) is 36.2 Å². The molecule has 5 heteroatoms. The average Bonchev–Trinajstić information content (AvgIpc) is 3.22. The van der Waals surface area contributed by atoms with Gasteiger partial charge >= 0.3 is 0 Å². The number of fused-ring (bicyclic) bond motifs is 1. The van der Waals surface area contributed by atoms with Gasteiger partial charge in [-0.3, -0.25) is 9.89 Å². The number of rotatable bonds is 2. The predicted molar refractivity (Wildman–Crippen MR) is 93.5 cm³/mol. The minimum Gasteiger partial charge on any atom is -0.306 e. The number of H-pyrrole nitrogens is 1. The number of halogens is 1. The number of aromatic nitrogens is 2. The second-order valence-corrected chi connectivity index (χ2v) is 6.43. The first-order chi connectivity index (χ1) is 11.2. The number of benzene rings is 2. The summed E-state index contributed by atoms with van der Waals surface area (Å²) >= 11 is 3.48. The van der Waals surface area contributed by atoms with Crippen molar-refractivity contribution in [2.45, 2.75) is 6.42 Å². The minimum absolute atomic E-state index is 0.0410. The molecule has 0 saturated carbocycles. The van der Waals surface area contributed by atoms with Crippen LogP contribution in [0.15, 0.2) is 59.1 Å². The summed E-state index contributed by atoms with van der Waals surface area (Å²) in [6.07, 6.45) is 0.875. The van der Waals surface area contributed by atoms with Crippen LogP contribution in [0, 0.1) is 0 Å². The Labute approximate surface area is 142 Å². The number of carbonyl (C=O) groups is 1. The molecule has 1 aliphatic rings. The Balaban J connectivity index is 1.63. The van der Waals surface area contributed by atoms with E-state index in [2.05, 4.69) is 32.2 Å². The number of hydrogen-bond acceptors (Lipinski definition) is 2. The summed E-state index contributed by atoms with van der Waals surface area (Å²) in [6.45, 7) is 0.699. The van der Waals surface area contributed by atoms with Crippen LogP contribution in [0.2, 0.25) is 0 Å². The van der Waals surface area contributed by atoms with Crippen LogP contribution in [0.3, 0.4) is 0 Å². The minimum atomic E-state index is -0.0410. The molecule has 1 aliphatic heterocycles. The first-order valence-corrected chi connectivity index (χ1v) is 8.23. The van der Waals surface area contributed by atoms with Gasteiger partial charge in [-0.1, -0.05) is 46.3 Å². The maximum atomic E-state index is 12.8. The lowest BCUT2D eigenvalue weighted by Gasteiger charge is -2.16. The summed E-state index contributed by atoms with van der Waals surface area (Å²) in [5.41, 5.74) is 4.46. The van der Waals surface area contributed by atoms with Crippen LogP contribution >= 0.6 is 15.9 Å². The molecule has 0 fully saturated rings. The van der Waals surface area contributed by atoms with Crippen LogP contribution in [0.1, 0.15) is 16.1 Å². The lowest BCUT2D eigenvalue weighted by molar-refractivity contribution is 0.0984. The van der Waals surface area contributed by atoms with Gasteiger partial charge in [-0.25, -0.2) is 0 Å². The van der Waals surface area contributed by atoms with Gasteiger partial charge in [0.05, 0.1) is 5.69 Å². The molecule has 4 rings (SSSR count). The maximum Gasteiger partial charge on any atom is 0.276 e. The highest BCUT2D eigenvalue weighted by Gasteiger charge is 2.26. The predicted octanol–water partition coefficient (Wildman–Crippen LogP) is 4.04. The van der Waals surface area contributed by atoms with Crippen LogP contribution in [0.4, 0.5) is 5.69 Å². The van der Waals surface area contributed by atoms with Crippen molar-refractivity contribution in [2.75, 3.05) is 11.4 Å². The van der Waals surface area contributed by atoms with Crippen LogP contribution in [0.5, 0.6) is 0 Å². The van der Waals surface area contributed by atoms with Crippen molar-refractivity contribution in [1.82, 2.24) is 10.2 Å². The normalized spacial score (nSPS) is 13.2. The van der Waals surface area contributed by atoms with E-state index in [1.54, 1.807) is 0 Å². The molecular formula is C18H14BrN3O. The zero-order chi connectivity index (χ0) is 15.8. The maximum absolute atomic E-state index is 12.8. The molecule has 4 nitrogen and oxygen atoms in total. The van der Waals surface area contributed by atoms with E-state index in [1.165, 1.54) is 5.56 Å². The molecule has 0 atom stereocenters. The van der Waals surface area contributed by atoms with Gasteiger partial charge in [-0.2, -0.15) is 5.10 Å². The molecule has 0 spiro atoms. The number of carbonyl (C=O) groups excluding carboxylic acids is 1. The van der Waals surface area contributed by atoms with Crippen molar-refractivity contribution < 1.29 is 4.79 Å². The Hall–Kier alpha value is -2.40. The SMILES string of the molecule is O=C(c1cc(-c2ccccc2)n[nH]1)N1CCc2cc(Br)ccc21. The molecule has 0 aliphatic carbocycles. The topological polar surface area (TPSA) is 49.0 Å². The van der Waals surface area contributed by atoms with E-state index < -0.39 is 0 Å². The Morgan fingerprint density at radius 2 is 1.96 bits per heavy atom. The second kappa shape index (κ2) is 5.66. The average molecular weight is 368 g/mol. The van der Waals surface area contributed by atoms with E-state index >= 15 is 0 Å². The van der Waals surface area contributed by atoms with Gasteiger partial charge in [0.25, 0.3) is 5.91 Å². The summed E-state index contributed by atoms with van der Waals surface area (Å²) < 4.78 is 1.04. The van der Waals surface area contributed by atoms with Crippen LogP contribution < -0.4 is 4.90 Å². The highest BCUT2D eigenvalue weighted by Crippen LogP contribution is 2.31. The van der Waals surface area contributed by atoms with E-state index in [0.29, 0.717) is 12.2 Å². The van der Waals surface area contributed by atoms with E-state index in [1.807, 2.05) is 53.4 Å². The summed E-state index contributed by atoms with van der Waals surface area (Å²) in [7, 11) is 0. The summed E-state index contributed by atoms with van der Waals surface area (Å²) in [6, 6.07) is 17.7. The fourth-order valence-electron chi connectivity index (χ4n) is 2.91. The molecule has 1 aromatic heterocycles. The van der Waals surface area contributed by atoms with Gasteiger partial charge in [0.1, 0.15) is 5.69 Å². The van der Waals surface area contributed by atoms with Crippen molar-refractivity contribution >= 4 is 27.5 Å². The van der Waals surface area contributed by atoms with E-state index in [9.17, 15) is 4.79 Å². The zero-order valence-corrected chi connectivity index (χ0v) is 13.9. The largest absolute Gasteiger partial charge is 0.306 e. The molecule has 0 bridgehead atoms. The third kappa shape index (κ3) is 2.57. The first kappa shape index (κ1) is 14.2. The molecule has 1 amide bonds. The van der Waals surface area contributed by atoms with Crippen molar-refractivity contribution in [3.63, 3.8) is 0 Å². The van der Waals surface area contributed by atoms with Gasteiger partial charge < -0.3 is 4.90 Å². The number of hydrogen-bond donors (Lipinski definition) is 1. The van der Waals surface area contributed by atoms with Crippen LogP contribution in [0.25, 0.3) is 11.3 Å². The van der Waals surface area contributed by atoms with Crippen molar-refractivity contribution in [3.8, 4) is 11.3 Å². The van der Waals surface area contributed by atoms with Gasteiger partial charge in [-0.15, -0.1) is 0 Å². The van der Waals surface area contributed by atoms with Crippen molar-refractivity contribution in [1.29, 1.82) is 0 Å². The Morgan fingerprint density at radius 1 is 1.13 bits per heavy atom. The highest BCUT2D eigenvalue weighted by atomic mass is 79.9. The van der Waals surface area contributed by atoms with Gasteiger partial charge in [0.15, 0.2) is 0 Å². The fraction of sp³-hybridized carbons (Fsp3) is 0.111. The molecule has 0 saturated heterocycles. The van der Waals surface area contributed by atoms with Crippen LogP contribution in [-0.4, -0.2) is 22.6 Å². The van der Waals surface area contributed by atoms with Crippen molar-refractivity contribution in [2.24, 2.45) is 0 Å². The molecule has 23 heavy (non-hydrogen) atoms. The lowest BCUT2D eigenvalue weighted by atomic mass is 10.1. The van der Waals surface area contributed by atoms with Crippen molar-refractivity contribution in [3.05, 3.63) is 70.3 Å². The number of anilines is 1. The Bertz CT molecular complexity index is 873. The standard InChI is InChI=1S/C18H14BrN3O/c19-14-6-7-17-13(10-14)8-9-22(17)18(23)16-11-15(20-21-16)12-4-2-1-3-5-12/h1-7,10-11H,8-9H2,(H,20,21). The molecule has 2 heterocycles. The second-order valence-electron chi connectivity index (χ2n) is 5.51. The van der Waals surface area contributed by atoms with E-state index in [-0.39, 0.29) is 5.91 Å². The summed E-state index contributed by atoms with van der Waals surface area (Å²) in [5, 5.41) is 7.14. The molecule has 0 unspecified atom stereocenters. The lowest BCUT2D eigenvalue weighted by Crippen LogP contribution is -2.29. The van der Waals surface area contributed by atoms with E-state index in [0.717, 1.165) is 27.8 Å². The zero-order valence-electron chi connectivity index (χ0n) is 12.3. The number of aromatic amines is 1. The smallest absolute Gasteiger partial charge is 0.276 e. The van der Waals surface area contributed by atoms with Gasteiger partial charge in [0, 0.05) is 22.3 Å². The molecule has 1 N–H and O–H groups in total. The fourth-order valence-corrected chi connectivity index (χ4v) is 3.32. The first-order valence-electron chi connectivity index (χ1n) is 7.43. The molecule has 114 valence electrons. The van der Waals surface area contributed by atoms with E-state index in [4.69, 9.17) is 0 Å². The van der Waals surface area contributed by atoms with Crippen LogP contribution in [-0.2, 0) is 6.42 Å². The monoisotopic (exact) mass is 367 g/mol. The van der Waals surface area contributed by atoms with Gasteiger partial charge in [0.2, 0.25) is 0 Å². The summed E-state index contributed by atoms with van der Waals surface area (Å²) in [4.78, 5) is 14.6. The summed E-state index contributed by atoms with van der Waals surface area (Å²) in [5.74, 6) is -0.0410.